The quantitative estimate of drug-likeness (QED) is 0.511. The molecule has 0 fully saturated rings. The molecule has 0 atom stereocenters. The average molecular weight is 267 g/mol. The van der Waals surface area contributed by atoms with Crippen molar-refractivity contribution in [2.24, 2.45) is 0 Å². The lowest BCUT2D eigenvalue weighted by molar-refractivity contribution is 0.0734. The second kappa shape index (κ2) is 4.62. The third-order valence-electron chi connectivity index (χ3n) is 2.93. The molecule has 0 bridgehead atoms. The summed E-state index contributed by atoms with van der Waals surface area (Å²) < 4.78 is 5.17. The van der Waals surface area contributed by atoms with E-state index < -0.39 is 17.8 Å². The van der Waals surface area contributed by atoms with Gasteiger partial charge in [-0.05, 0) is 30.3 Å². The molecule has 98 valence electrons. The normalized spacial score (nSPS) is 12.8. The summed E-state index contributed by atoms with van der Waals surface area (Å²) in [6.45, 7) is 0. The summed E-state index contributed by atoms with van der Waals surface area (Å²) >= 11 is 0. The minimum Gasteiger partial charge on any atom is -0.423 e. The van der Waals surface area contributed by atoms with E-state index in [1.54, 1.807) is 24.3 Å². The number of esters is 1. The van der Waals surface area contributed by atoms with Gasteiger partial charge in [-0.1, -0.05) is 18.2 Å². The summed E-state index contributed by atoms with van der Waals surface area (Å²) in [6.07, 6.45) is 0. The highest BCUT2D eigenvalue weighted by atomic mass is 16.5. The molecule has 1 heterocycles. The first kappa shape index (κ1) is 12.1. The molecule has 1 aliphatic rings. The van der Waals surface area contributed by atoms with Crippen molar-refractivity contribution in [2.75, 3.05) is 0 Å². The summed E-state index contributed by atoms with van der Waals surface area (Å²) in [4.78, 5) is 34.9. The smallest absolute Gasteiger partial charge is 0.343 e. The Labute approximate surface area is 114 Å². The first-order chi connectivity index (χ1) is 9.65. The monoisotopic (exact) mass is 267 g/mol. The summed E-state index contributed by atoms with van der Waals surface area (Å²) in [6, 6.07) is 12.9. The van der Waals surface area contributed by atoms with E-state index in [2.05, 4.69) is 5.32 Å². The van der Waals surface area contributed by atoms with E-state index in [-0.39, 0.29) is 16.7 Å². The maximum Gasteiger partial charge on any atom is 0.343 e. The summed E-state index contributed by atoms with van der Waals surface area (Å²) in [5, 5.41) is 2.17. The molecule has 3 rings (SSSR count). The second-order valence-corrected chi connectivity index (χ2v) is 4.25. The largest absolute Gasteiger partial charge is 0.423 e. The van der Waals surface area contributed by atoms with Gasteiger partial charge in [-0.15, -0.1) is 0 Å². The van der Waals surface area contributed by atoms with Gasteiger partial charge in [0.15, 0.2) is 0 Å². The van der Waals surface area contributed by atoms with Crippen LogP contribution < -0.4 is 10.1 Å². The fourth-order valence-electron chi connectivity index (χ4n) is 1.95. The Balaban J connectivity index is 1.89. The molecular weight excluding hydrogens is 258 g/mol. The average Bonchev–Trinajstić information content (AvgIpc) is 2.75. The minimum atomic E-state index is -0.578. The van der Waals surface area contributed by atoms with E-state index in [4.69, 9.17) is 4.74 Å². The SMILES string of the molecule is O=C(Oc1ccccc1)c1ccc2c(c1)C(=O)NC2=O. The first-order valence-corrected chi connectivity index (χ1v) is 5.92. The zero-order chi connectivity index (χ0) is 14.1. The fourth-order valence-corrected chi connectivity index (χ4v) is 1.95. The molecule has 2 amide bonds. The van der Waals surface area contributed by atoms with Crippen LogP contribution in [0.2, 0.25) is 0 Å². The number of benzene rings is 2. The number of imide groups is 1. The molecule has 0 aromatic heterocycles. The van der Waals surface area contributed by atoms with Gasteiger partial charge in [-0.25, -0.2) is 4.79 Å². The number of para-hydroxylation sites is 1. The molecule has 0 radical (unpaired) electrons. The van der Waals surface area contributed by atoms with Crippen LogP contribution in [0.3, 0.4) is 0 Å². The number of rotatable bonds is 2. The number of carbonyl (C=O) groups is 3. The van der Waals surface area contributed by atoms with E-state index in [1.807, 2.05) is 6.07 Å². The van der Waals surface area contributed by atoms with E-state index in [0.29, 0.717) is 5.75 Å². The predicted molar refractivity (Wildman–Crippen MR) is 69.6 cm³/mol. The Morgan fingerprint density at radius 1 is 0.900 bits per heavy atom. The zero-order valence-electron chi connectivity index (χ0n) is 10.3. The maximum absolute atomic E-state index is 12.0. The second-order valence-electron chi connectivity index (χ2n) is 4.25. The molecule has 0 unspecified atom stereocenters. The van der Waals surface area contributed by atoms with Crippen LogP contribution in [-0.2, 0) is 0 Å². The molecule has 2 aromatic carbocycles. The van der Waals surface area contributed by atoms with Crippen molar-refractivity contribution < 1.29 is 19.1 Å². The lowest BCUT2D eigenvalue weighted by Crippen LogP contribution is -2.19. The molecule has 0 aliphatic carbocycles. The number of carbonyl (C=O) groups excluding carboxylic acids is 3. The molecule has 5 nitrogen and oxygen atoms in total. The summed E-state index contributed by atoms with van der Waals surface area (Å²) in [7, 11) is 0. The molecule has 2 aromatic rings. The third-order valence-corrected chi connectivity index (χ3v) is 2.93. The molecule has 1 N–H and O–H groups in total. The lowest BCUT2D eigenvalue weighted by atomic mass is 10.1. The van der Waals surface area contributed by atoms with E-state index in [0.717, 1.165) is 0 Å². The van der Waals surface area contributed by atoms with Gasteiger partial charge in [0.1, 0.15) is 5.75 Å². The molecule has 1 aliphatic heterocycles. The van der Waals surface area contributed by atoms with Crippen LogP contribution in [0.4, 0.5) is 0 Å². The zero-order valence-corrected chi connectivity index (χ0v) is 10.3. The molecule has 0 spiro atoms. The topological polar surface area (TPSA) is 72.5 Å². The Kier molecular flexibility index (Phi) is 2.80. The fraction of sp³-hybridized carbons (Fsp3) is 0. The van der Waals surface area contributed by atoms with Crippen molar-refractivity contribution in [3.63, 3.8) is 0 Å². The number of fused-ring (bicyclic) bond motifs is 1. The van der Waals surface area contributed by atoms with Crippen LogP contribution >= 0.6 is 0 Å². The molecule has 0 saturated heterocycles. The molecule has 0 saturated carbocycles. The maximum atomic E-state index is 12.0. The van der Waals surface area contributed by atoms with Gasteiger partial charge in [0, 0.05) is 0 Å². The van der Waals surface area contributed by atoms with Crippen LogP contribution in [0.5, 0.6) is 5.75 Å². The Morgan fingerprint density at radius 2 is 1.60 bits per heavy atom. The molecule has 20 heavy (non-hydrogen) atoms. The summed E-state index contributed by atoms with van der Waals surface area (Å²) in [5.74, 6) is -1.11. The van der Waals surface area contributed by atoms with Crippen LogP contribution in [0.15, 0.2) is 48.5 Å². The standard InChI is InChI=1S/C15H9NO4/c17-13-11-7-6-9(8-12(11)14(18)16-13)15(19)20-10-4-2-1-3-5-10/h1-8H,(H,16,17,18). The van der Waals surface area contributed by atoms with Crippen molar-refractivity contribution >= 4 is 17.8 Å². The van der Waals surface area contributed by atoms with E-state index in [9.17, 15) is 14.4 Å². The minimum absolute atomic E-state index is 0.192. The predicted octanol–water partition coefficient (Wildman–Crippen LogP) is 1.79. The number of hydrogen-bond donors (Lipinski definition) is 1. The van der Waals surface area contributed by atoms with Gasteiger partial charge in [0.2, 0.25) is 0 Å². The Morgan fingerprint density at radius 3 is 2.35 bits per heavy atom. The van der Waals surface area contributed by atoms with E-state index in [1.165, 1.54) is 18.2 Å². The Bertz CT molecular complexity index is 722. The van der Waals surface area contributed by atoms with Gasteiger partial charge in [-0.2, -0.15) is 0 Å². The van der Waals surface area contributed by atoms with Crippen LogP contribution in [0.25, 0.3) is 0 Å². The van der Waals surface area contributed by atoms with Gasteiger partial charge >= 0.3 is 5.97 Å². The lowest BCUT2D eigenvalue weighted by Gasteiger charge is -2.04. The van der Waals surface area contributed by atoms with Crippen LogP contribution in [-0.4, -0.2) is 17.8 Å². The van der Waals surface area contributed by atoms with Gasteiger partial charge in [-0.3, -0.25) is 14.9 Å². The first-order valence-electron chi connectivity index (χ1n) is 5.92. The van der Waals surface area contributed by atoms with E-state index >= 15 is 0 Å². The highest BCUT2D eigenvalue weighted by Gasteiger charge is 2.27. The Hall–Kier alpha value is -2.95. The van der Waals surface area contributed by atoms with Crippen LogP contribution in [0, 0.1) is 0 Å². The highest BCUT2D eigenvalue weighted by Crippen LogP contribution is 2.19. The van der Waals surface area contributed by atoms with Crippen molar-refractivity contribution in [1.29, 1.82) is 0 Å². The summed E-state index contributed by atoms with van der Waals surface area (Å²) in [5.41, 5.74) is 0.682. The van der Waals surface area contributed by atoms with Crippen molar-refractivity contribution in [3.05, 3.63) is 65.2 Å². The number of amides is 2. The van der Waals surface area contributed by atoms with Gasteiger partial charge in [0.05, 0.1) is 16.7 Å². The van der Waals surface area contributed by atoms with Gasteiger partial charge < -0.3 is 4.74 Å². The highest BCUT2D eigenvalue weighted by molar-refractivity contribution is 6.22. The molecular formula is C15H9NO4. The number of nitrogens with one attached hydrogen (secondary N) is 1. The number of hydrogen-bond acceptors (Lipinski definition) is 4. The van der Waals surface area contributed by atoms with Crippen molar-refractivity contribution in [3.8, 4) is 5.75 Å². The number of ether oxygens (including phenoxy) is 1. The van der Waals surface area contributed by atoms with Crippen molar-refractivity contribution in [2.45, 2.75) is 0 Å². The van der Waals surface area contributed by atoms with Crippen LogP contribution in [0.1, 0.15) is 31.1 Å². The van der Waals surface area contributed by atoms with Crippen molar-refractivity contribution in [1.82, 2.24) is 5.32 Å². The van der Waals surface area contributed by atoms with Gasteiger partial charge in [0.25, 0.3) is 11.8 Å². The molecule has 5 heteroatoms. The third kappa shape index (κ3) is 2.05.